The first-order valence-electron chi connectivity index (χ1n) is 7.99. The van der Waals surface area contributed by atoms with Crippen LogP contribution < -0.4 is 16.0 Å². The molecule has 4 heteroatoms. The molecule has 1 aromatic rings. The van der Waals surface area contributed by atoms with Gasteiger partial charge in [0.15, 0.2) is 0 Å². The highest BCUT2D eigenvalue weighted by molar-refractivity contribution is 5.82. The molecule has 1 heterocycles. The van der Waals surface area contributed by atoms with Gasteiger partial charge in [0, 0.05) is 24.2 Å². The van der Waals surface area contributed by atoms with Gasteiger partial charge in [-0.3, -0.25) is 4.79 Å². The summed E-state index contributed by atoms with van der Waals surface area (Å²) in [5.41, 5.74) is 8.23. The molecule has 1 amide bonds. The number of nitrogens with one attached hydrogen (secondary N) is 1. The van der Waals surface area contributed by atoms with E-state index in [0.717, 1.165) is 25.8 Å². The van der Waals surface area contributed by atoms with Crippen LogP contribution in [0.4, 0.5) is 5.69 Å². The zero-order chi connectivity index (χ0) is 15.2. The van der Waals surface area contributed by atoms with Crippen molar-refractivity contribution in [1.82, 2.24) is 5.32 Å². The van der Waals surface area contributed by atoms with Crippen LogP contribution in [-0.4, -0.2) is 31.6 Å². The lowest BCUT2D eigenvalue weighted by Gasteiger charge is -2.21. The van der Waals surface area contributed by atoms with Crippen molar-refractivity contribution < 1.29 is 4.79 Å². The third-order valence-corrected chi connectivity index (χ3v) is 4.14. The SMILES string of the molecule is CCCC(C)NC(=O)CN1CC(CCN)c2ccccc21. The number of carbonyl (C=O) groups is 1. The minimum Gasteiger partial charge on any atom is -0.361 e. The Morgan fingerprint density at radius 1 is 1.48 bits per heavy atom. The molecule has 0 aliphatic carbocycles. The minimum absolute atomic E-state index is 0.110. The summed E-state index contributed by atoms with van der Waals surface area (Å²) in [7, 11) is 0. The molecule has 2 unspecified atom stereocenters. The van der Waals surface area contributed by atoms with E-state index >= 15 is 0 Å². The van der Waals surface area contributed by atoms with E-state index in [4.69, 9.17) is 5.73 Å². The van der Waals surface area contributed by atoms with Crippen LogP contribution in [0.5, 0.6) is 0 Å². The Hall–Kier alpha value is -1.55. The van der Waals surface area contributed by atoms with Crippen LogP contribution in [0.2, 0.25) is 0 Å². The number of anilines is 1. The van der Waals surface area contributed by atoms with Gasteiger partial charge >= 0.3 is 0 Å². The minimum atomic E-state index is 0.110. The fourth-order valence-corrected chi connectivity index (χ4v) is 3.18. The molecule has 2 rings (SSSR count). The zero-order valence-corrected chi connectivity index (χ0v) is 13.1. The lowest BCUT2D eigenvalue weighted by Crippen LogP contribution is -2.40. The lowest BCUT2D eigenvalue weighted by molar-refractivity contribution is -0.120. The van der Waals surface area contributed by atoms with Crippen LogP contribution in [0.1, 0.15) is 44.6 Å². The predicted octanol–water partition coefficient (Wildman–Crippen LogP) is 2.24. The van der Waals surface area contributed by atoms with E-state index in [-0.39, 0.29) is 11.9 Å². The Labute approximate surface area is 127 Å². The van der Waals surface area contributed by atoms with Crippen molar-refractivity contribution in [2.45, 2.75) is 45.1 Å². The molecule has 0 fully saturated rings. The van der Waals surface area contributed by atoms with Gasteiger partial charge in [0.05, 0.1) is 6.54 Å². The Balaban J connectivity index is 2.00. The number of carbonyl (C=O) groups excluding carboxylic acids is 1. The summed E-state index contributed by atoms with van der Waals surface area (Å²) >= 11 is 0. The summed E-state index contributed by atoms with van der Waals surface area (Å²) in [6, 6.07) is 8.62. The average Bonchev–Trinajstić information content (AvgIpc) is 2.78. The monoisotopic (exact) mass is 289 g/mol. The first-order valence-corrected chi connectivity index (χ1v) is 7.99. The maximum atomic E-state index is 12.2. The molecule has 0 spiro atoms. The second kappa shape index (κ2) is 7.46. The molecule has 0 saturated heterocycles. The molecule has 1 aliphatic heterocycles. The average molecular weight is 289 g/mol. The number of nitrogens with two attached hydrogens (primary N) is 1. The van der Waals surface area contributed by atoms with Gasteiger partial charge < -0.3 is 16.0 Å². The zero-order valence-electron chi connectivity index (χ0n) is 13.1. The second-order valence-corrected chi connectivity index (χ2v) is 5.97. The van der Waals surface area contributed by atoms with Crippen molar-refractivity contribution in [3.8, 4) is 0 Å². The quantitative estimate of drug-likeness (QED) is 0.809. The van der Waals surface area contributed by atoms with Gasteiger partial charge in [0.2, 0.25) is 5.91 Å². The van der Waals surface area contributed by atoms with Gasteiger partial charge in [-0.25, -0.2) is 0 Å². The largest absolute Gasteiger partial charge is 0.361 e. The van der Waals surface area contributed by atoms with E-state index in [1.807, 2.05) is 6.07 Å². The number of para-hydroxylation sites is 1. The van der Waals surface area contributed by atoms with Gasteiger partial charge in [-0.05, 0) is 37.9 Å². The predicted molar refractivity (Wildman–Crippen MR) is 87.6 cm³/mol. The van der Waals surface area contributed by atoms with E-state index < -0.39 is 0 Å². The van der Waals surface area contributed by atoms with Crippen LogP contribution in [-0.2, 0) is 4.79 Å². The molecule has 0 saturated carbocycles. The lowest BCUT2D eigenvalue weighted by atomic mass is 9.98. The van der Waals surface area contributed by atoms with Crippen LogP contribution in [0, 0.1) is 0 Å². The van der Waals surface area contributed by atoms with Gasteiger partial charge in [-0.1, -0.05) is 31.5 Å². The fourth-order valence-electron chi connectivity index (χ4n) is 3.18. The molecule has 0 bridgehead atoms. The number of benzene rings is 1. The number of amides is 1. The standard InChI is InChI=1S/C17H27N3O/c1-3-6-13(2)19-17(21)12-20-11-14(9-10-18)15-7-4-5-8-16(15)20/h4-5,7-8,13-14H,3,6,9-12,18H2,1-2H3,(H,19,21). The molecular formula is C17H27N3O. The second-order valence-electron chi connectivity index (χ2n) is 5.97. The van der Waals surface area contributed by atoms with Crippen molar-refractivity contribution in [3.05, 3.63) is 29.8 Å². The number of nitrogens with zero attached hydrogens (tertiary/aromatic N) is 1. The van der Waals surface area contributed by atoms with E-state index in [2.05, 4.69) is 42.3 Å². The molecule has 21 heavy (non-hydrogen) atoms. The van der Waals surface area contributed by atoms with Gasteiger partial charge in [-0.15, -0.1) is 0 Å². The fraction of sp³-hybridized carbons (Fsp3) is 0.588. The van der Waals surface area contributed by atoms with Crippen molar-refractivity contribution in [3.63, 3.8) is 0 Å². The smallest absolute Gasteiger partial charge is 0.239 e. The molecule has 0 radical (unpaired) electrons. The topological polar surface area (TPSA) is 58.4 Å². The van der Waals surface area contributed by atoms with Crippen LogP contribution in [0.25, 0.3) is 0 Å². The Bertz CT molecular complexity index is 475. The summed E-state index contributed by atoms with van der Waals surface area (Å²) in [4.78, 5) is 14.4. The van der Waals surface area contributed by atoms with E-state index in [9.17, 15) is 4.79 Å². The maximum absolute atomic E-state index is 12.2. The van der Waals surface area contributed by atoms with Crippen LogP contribution >= 0.6 is 0 Å². The molecule has 1 aliphatic rings. The van der Waals surface area contributed by atoms with E-state index in [1.54, 1.807) is 0 Å². The van der Waals surface area contributed by atoms with Crippen molar-refractivity contribution >= 4 is 11.6 Å². The normalized spacial score (nSPS) is 18.4. The number of rotatable bonds is 7. The molecule has 4 nitrogen and oxygen atoms in total. The Morgan fingerprint density at radius 3 is 2.95 bits per heavy atom. The highest BCUT2D eigenvalue weighted by Crippen LogP contribution is 2.37. The molecule has 3 N–H and O–H groups in total. The van der Waals surface area contributed by atoms with Crippen LogP contribution in [0.15, 0.2) is 24.3 Å². The molecule has 0 aromatic heterocycles. The first-order chi connectivity index (χ1) is 10.2. The van der Waals surface area contributed by atoms with Crippen molar-refractivity contribution in [2.24, 2.45) is 5.73 Å². The van der Waals surface area contributed by atoms with E-state index in [0.29, 0.717) is 19.0 Å². The summed E-state index contributed by atoms with van der Waals surface area (Å²) in [6.07, 6.45) is 3.09. The van der Waals surface area contributed by atoms with Gasteiger partial charge in [-0.2, -0.15) is 0 Å². The van der Waals surface area contributed by atoms with Crippen molar-refractivity contribution in [1.29, 1.82) is 0 Å². The van der Waals surface area contributed by atoms with Crippen molar-refractivity contribution in [2.75, 3.05) is 24.5 Å². The van der Waals surface area contributed by atoms with Gasteiger partial charge in [0.1, 0.15) is 0 Å². The summed E-state index contributed by atoms with van der Waals surface area (Å²) in [5.74, 6) is 0.561. The number of hydrogen-bond donors (Lipinski definition) is 2. The number of hydrogen-bond acceptors (Lipinski definition) is 3. The maximum Gasteiger partial charge on any atom is 0.239 e. The van der Waals surface area contributed by atoms with Gasteiger partial charge in [0.25, 0.3) is 0 Å². The summed E-state index contributed by atoms with van der Waals surface area (Å²) < 4.78 is 0. The molecule has 2 atom stereocenters. The molecule has 116 valence electrons. The van der Waals surface area contributed by atoms with E-state index in [1.165, 1.54) is 11.3 Å². The summed E-state index contributed by atoms with van der Waals surface area (Å²) in [6.45, 7) is 6.22. The van der Waals surface area contributed by atoms with Crippen LogP contribution in [0.3, 0.4) is 0 Å². The summed E-state index contributed by atoms with van der Waals surface area (Å²) in [5, 5.41) is 3.08. The third kappa shape index (κ3) is 3.97. The molecule has 1 aromatic carbocycles. The third-order valence-electron chi connectivity index (χ3n) is 4.14. The Morgan fingerprint density at radius 2 is 2.24 bits per heavy atom. The number of fused-ring (bicyclic) bond motifs is 1. The molecular weight excluding hydrogens is 262 g/mol. The highest BCUT2D eigenvalue weighted by atomic mass is 16.2. The highest BCUT2D eigenvalue weighted by Gasteiger charge is 2.28. The Kier molecular flexibility index (Phi) is 5.62. The first kappa shape index (κ1) is 15.8.